The summed E-state index contributed by atoms with van der Waals surface area (Å²) in [4.78, 5) is 11.6. The molecule has 0 saturated carbocycles. The largest absolute Gasteiger partial charge is 0.302 e. The molecule has 0 spiro atoms. The maximum absolute atomic E-state index is 11.6. The van der Waals surface area contributed by atoms with Crippen LogP contribution in [0.15, 0.2) is 29.2 Å². The lowest BCUT2D eigenvalue weighted by atomic mass is 10.2. The third-order valence-corrected chi connectivity index (χ3v) is 3.08. The van der Waals surface area contributed by atoms with Gasteiger partial charge in [0.05, 0.1) is 16.6 Å². The maximum atomic E-state index is 11.6. The van der Waals surface area contributed by atoms with Gasteiger partial charge in [-0.2, -0.15) is 0 Å². The van der Waals surface area contributed by atoms with Crippen molar-refractivity contribution in [3.63, 3.8) is 0 Å². The zero-order valence-electron chi connectivity index (χ0n) is 8.63. The summed E-state index contributed by atoms with van der Waals surface area (Å²) >= 11 is 11.7. The van der Waals surface area contributed by atoms with Gasteiger partial charge in [-0.25, -0.2) is 4.68 Å². The Morgan fingerprint density at radius 2 is 2.06 bits per heavy atom. The van der Waals surface area contributed by atoms with Crippen LogP contribution in [0.1, 0.15) is 11.1 Å². The third-order valence-electron chi connectivity index (χ3n) is 2.34. The molecule has 16 heavy (non-hydrogen) atoms. The van der Waals surface area contributed by atoms with Gasteiger partial charge < -0.3 is 5.10 Å². The molecular formula is C11H10Cl2N2O. The summed E-state index contributed by atoms with van der Waals surface area (Å²) in [6, 6.07) is 5.32. The van der Waals surface area contributed by atoms with E-state index in [-0.39, 0.29) is 5.56 Å². The van der Waals surface area contributed by atoms with E-state index in [1.54, 1.807) is 25.3 Å². The normalized spacial score (nSPS) is 10.7. The minimum atomic E-state index is -0.0222. The van der Waals surface area contributed by atoms with Crippen molar-refractivity contribution in [1.29, 1.82) is 0 Å². The summed E-state index contributed by atoms with van der Waals surface area (Å²) in [5.74, 6) is 0. The molecule has 3 nitrogen and oxygen atoms in total. The van der Waals surface area contributed by atoms with Gasteiger partial charge in [-0.15, -0.1) is 0 Å². The topological polar surface area (TPSA) is 37.8 Å². The molecule has 0 aliphatic heterocycles. The van der Waals surface area contributed by atoms with Crippen LogP contribution < -0.4 is 5.56 Å². The second-order valence-electron chi connectivity index (χ2n) is 3.60. The first kappa shape index (κ1) is 11.3. The van der Waals surface area contributed by atoms with Crippen LogP contribution >= 0.6 is 23.2 Å². The Morgan fingerprint density at radius 3 is 2.62 bits per heavy atom. The number of hydrogen-bond donors (Lipinski definition) is 1. The highest BCUT2D eigenvalue weighted by Crippen LogP contribution is 2.22. The average Bonchev–Trinajstić information content (AvgIpc) is 2.55. The van der Waals surface area contributed by atoms with Crippen LogP contribution in [-0.2, 0) is 6.54 Å². The summed E-state index contributed by atoms with van der Waals surface area (Å²) < 4.78 is 1.52. The number of aromatic nitrogens is 2. The molecule has 0 unspecified atom stereocenters. The molecule has 0 amide bonds. The second kappa shape index (κ2) is 4.36. The Kier molecular flexibility index (Phi) is 3.08. The Hall–Kier alpha value is -1.19. The predicted octanol–water partition coefficient (Wildman–Crippen LogP) is 2.84. The van der Waals surface area contributed by atoms with Crippen molar-refractivity contribution in [2.45, 2.75) is 13.5 Å². The fourth-order valence-electron chi connectivity index (χ4n) is 1.45. The van der Waals surface area contributed by atoms with Crippen molar-refractivity contribution < 1.29 is 0 Å². The minimum Gasteiger partial charge on any atom is -0.302 e. The lowest BCUT2D eigenvalue weighted by Gasteiger charge is -2.03. The van der Waals surface area contributed by atoms with Crippen molar-refractivity contribution in [2.24, 2.45) is 0 Å². The van der Waals surface area contributed by atoms with E-state index in [9.17, 15) is 4.79 Å². The number of rotatable bonds is 2. The van der Waals surface area contributed by atoms with Gasteiger partial charge in [-0.3, -0.25) is 4.79 Å². The van der Waals surface area contributed by atoms with Crippen molar-refractivity contribution in [2.75, 3.05) is 0 Å². The molecule has 1 aromatic heterocycles. The molecule has 5 heteroatoms. The average molecular weight is 257 g/mol. The van der Waals surface area contributed by atoms with Crippen molar-refractivity contribution in [3.05, 3.63) is 55.9 Å². The van der Waals surface area contributed by atoms with Crippen LogP contribution in [0.5, 0.6) is 0 Å². The molecule has 0 radical (unpaired) electrons. The molecule has 0 saturated heterocycles. The maximum Gasteiger partial charge on any atom is 0.269 e. The van der Waals surface area contributed by atoms with Crippen molar-refractivity contribution >= 4 is 23.2 Å². The molecule has 1 aromatic carbocycles. The van der Waals surface area contributed by atoms with Crippen LogP contribution in [0, 0.1) is 6.92 Å². The highest BCUT2D eigenvalue weighted by molar-refractivity contribution is 6.42. The molecule has 0 aliphatic rings. The first-order valence-electron chi connectivity index (χ1n) is 4.76. The number of benzene rings is 1. The standard InChI is InChI=1S/C11H10Cl2N2O/c1-7-5-14-15(11(7)16)6-8-2-3-9(12)10(13)4-8/h2-5,14H,6H2,1H3. The van der Waals surface area contributed by atoms with Gasteiger partial charge in [-0.1, -0.05) is 29.3 Å². The predicted molar refractivity (Wildman–Crippen MR) is 65.4 cm³/mol. The highest BCUT2D eigenvalue weighted by atomic mass is 35.5. The number of hydrogen-bond acceptors (Lipinski definition) is 1. The Bertz CT molecular complexity index is 572. The zero-order chi connectivity index (χ0) is 11.7. The van der Waals surface area contributed by atoms with E-state index in [4.69, 9.17) is 23.2 Å². The van der Waals surface area contributed by atoms with Crippen molar-refractivity contribution in [1.82, 2.24) is 9.78 Å². The Morgan fingerprint density at radius 1 is 1.31 bits per heavy atom. The highest BCUT2D eigenvalue weighted by Gasteiger charge is 2.04. The zero-order valence-corrected chi connectivity index (χ0v) is 10.1. The van der Waals surface area contributed by atoms with E-state index in [0.717, 1.165) is 5.56 Å². The summed E-state index contributed by atoms with van der Waals surface area (Å²) in [5.41, 5.74) is 1.60. The van der Waals surface area contributed by atoms with Crippen LogP contribution in [0.2, 0.25) is 10.0 Å². The number of aromatic amines is 1. The molecule has 1 heterocycles. The first-order valence-corrected chi connectivity index (χ1v) is 5.52. The molecular weight excluding hydrogens is 247 g/mol. The summed E-state index contributed by atoms with van der Waals surface area (Å²) in [7, 11) is 0. The van der Waals surface area contributed by atoms with E-state index in [2.05, 4.69) is 5.10 Å². The fraction of sp³-hybridized carbons (Fsp3) is 0.182. The minimum absolute atomic E-state index is 0.0222. The smallest absolute Gasteiger partial charge is 0.269 e. The van der Waals surface area contributed by atoms with Gasteiger partial charge in [0.1, 0.15) is 0 Å². The molecule has 1 N–H and O–H groups in total. The second-order valence-corrected chi connectivity index (χ2v) is 4.41. The number of nitrogens with zero attached hydrogens (tertiary/aromatic N) is 1. The van der Waals surface area contributed by atoms with Gasteiger partial charge >= 0.3 is 0 Å². The van der Waals surface area contributed by atoms with E-state index in [1.165, 1.54) is 4.68 Å². The van der Waals surface area contributed by atoms with Crippen molar-refractivity contribution in [3.8, 4) is 0 Å². The van der Waals surface area contributed by atoms with Gasteiger partial charge in [-0.05, 0) is 24.6 Å². The number of nitrogens with one attached hydrogen (secondary N) is 1. The fourth-order valence-corrected chi connectivity index (χ4v) is 1.77. The van der Waals surface area contributed by atoms with Gasteiger partial charge in [0.2, 0.25) is 0 Å². The van der Waals surface area contributed by atoms with Gasteiger partial charge in [0.15, 0.2) is 0 Å². The molecule has 0 atom stereocenters. The summed E-state index contributed by atoms with van der Waals surface area (Å²) in [6.45, 7) is 2.23. The molecule has 0 bridgehead atoms. The van der Waals surface area contributed by atoms with E-state index in [0.29, 0.717) is 22.2 Å². The summed E-state index contributed by atoms with van der Waals surface area (Å²) in [6.07, 6.45) is 1.68. The number of aryl methyl sites for hydroxylation is 1. The van der Waals surface area contributed by atoms with Gasteiger partial charge in [0.25, 0.3) is 5.56 Å². The Labute approximate surface area is 103 Å². The van der Waals surface area contributed by atoms with Gasteiger partial charge in [0, 0.05) is 11.8 Å². The molecule has 84 valence electrons. The van der Waals surface area contributed by atoms with E-state index >= 15 is 0 Å². The number of halogens is 2. The Balaban J connectivity index is 2.31. The quantitative estimate of drug-likeness (QED) is 0.882. The van der Waals surface area contributed by atoms with Crippen LogP contribution in [0.4, 0.5) is 0 Å². The number of H-pyrrole nitrogens is 1. The van der Waals surface area contributed by atoms with E-state index < -0.39 is 0 Å². The lowest BCUT2D eigenvalue weighted by molar-refractivity contribution is 0.663. The van der Waals surface area contributed by atoms with Crippen LogP contribution in [0.3, 0.4) is 0 Å². The third kappa shape index (κ3) is 2.15. The SMILES string of the molecule is Cc1c[nH]n(Cc2ccc(Cl)c(Cl)c2)c1=O. The lowest BCUT2D eigenvalue weighted by Crippen LogP contribution is -2.18. The molecule has 2 rings (SSSR count). The van der Waals surface area contributed by atoms with Crippen LogP contribution in [-0.4, -0.2) is 9.78 Å². The van der Waals surface area contributed by atoms with Crippen LogP contribution in [0.25, 0.3) is 0 Å². The molecule has 0 aliphatic carbocycles. The first-order chi connectivity index (χ1) is 7.58. The summed E-state index contributed by atoms with van der Waals surface area (Å²) in [5, 5.41) is 3.89. The molecule has 0 fully saturated rings. The van der Waals surface area contributed by atoms with E-state index in [1.807, 2.05) is 6.07 Å². The molecule has 2 aromatic rings. The monoisotopic (exact) mass is 256 g/mol.